The second-order valence-corrected chi connectivity index (χ2v) is 6.54. The minimum atomic E-state index is -4.42. The molecule has 1 heterocycles. The Morgan fingerprint density at radius 3 is 2.54 bits per heavy atom. The van der Waals surface area contributed by atoms with Crippen LogP contribution in [0.5, 0.6) is 0 Å². The van der Waals surface area contributed by atoms with Crippen molar-refractivity contribution in [2.45, 2.75) is 49.6 Å². The molecule has 1 saturated heterocycles. The number of benzene rings is 1. The van der Waals surface area contributed by atoms with Gasteiger partial charge in [0.25, 0.3) is 5.91 Å². The van der Waals surface area contributed by atoms with Crippen molar-refractivity contribution >= 4 is 5.91 Å². The lowest BCUT2D eigenvalue weighted by molar-refractivity contribution is -0.137. The molecule has 0 unspecified atom stereocenters. The number of aliphatic hydroxyl groups excluding tert-OH is 1. The molecule has 3 rings (SSSR count). The number of amides is 1. The first kappa shape index (κ1) is 17.2. The molecule has 7 heteroatoms. The van der Waals surface area contributed by atoms with Gasteiger partial charge in [-0.1, -0.05) is 0 Å². The molecule has 24 heavy (non-hydrogen) atoms. The second kappa shape index (κ2) is 6.04. The Hall–Kier alpha value is -1.60. The van der Waals surface area contributed by atoms with Crippen molar-refractivity contribution in [3.63, 3.8) is 0 Å². The normalized spacial score (nSPS) is 30.3. The van der Waals surface area contributed by atoms with Crippen LogP contribution in [0, 0.1) is 0 Å². The van der Waals surface area contributed by atoms with Gasteiger partial charge in [0.05, 0.1) is 23.3 Å². The first-order valence-corrected chi connectivity index (χ1v) is 7.98. The number of carbonyl (C=O) groups excluding carboxylic acids is 1. The molecule has 0 aromatic heterocycles. The van der Waals surface area contributed by atoms with Crippen molar-refractivity contribution in [3.8, 4) is 0 Å². The third-order valence-corrected chi connectivity index (χ3v) is 5.28. The van der Waals surface area contributed by atoms with Crippen LogP contribution in [0.4, 0.5) is 13.2 Å². The molecule has 2 fully saturated rings. The summed E-state index contributed by atoms with van der Waals surface area (Å²) in [5, 5.41) is 9.94. The third kappa shape index (κ3) is 2.91. The van der Waals surface area contributed by atoms with Gasteiger partial charge >= 0.3 is 6.18 Å². The van der Waals surface area contributed by atoms with Gasteiger partial charge in [-0.25, -0.2) is 0 Å². The van der Waals surface area contributed by atoms with E-state index in [2.05, 4.69) is 0 Å². The van der Waals surface area contributed by atoms with Crippen LogP contribution in [0.1, 0.15) is 41.6 Å². The molecule has 1 aliphatic carbocycles. The number of nitrogens with zero attached hydrogens (tertiary/aromatic N) is 1. The molecule has 0 radical (unpaired) electrons. The number of hydrogen-bond acceptors (Lipinski definition) is 3. The Labute approximate surface area is 138 Å². The predicted octanol–water partition coefficient (Wildman–Crippen LogP) is 2.85. The monoisotopic (exact) mass is 343 g/mol. The van der Waals surface area contributed by atoms with Crippen molar-refractivity contribution in [3.05, 3.63) is 35.4 Å². The van der Waals surface area contributed by atoms with Gasteiger partial charge in [0.1, 0.15) is 0 Å². The van der Waals surface area contributed by atoms with Gasteiger partial charge < -0.3 is 14.7 Å². The molecule has 1 N–H and O–H groups in total. The second-order valence-electron chi connectivity index (χ2n) is 6.54. The van der Waals surface area contributed by atoms with Crippen molar-refractivity contribution < 1.29 is 27.8 Å². The average molecular weight is 343 g/mol. The zero-order chi connectivity index (χ0) is 17.5. The summed E-state index contributed by atoms with van der Waals surface area (Å²) >= 11 is 0. The summed E-state index contributed by atoms with van der Waals surface area (Å²) in [6.07, 6.45) is -2.50. The lowest BCUT2D eigenvalue weighted by Crippen LogP contribution is -2.52. The highest BCUT2D eigenvalue weighted by atomic mass is 19.4. The van der Waals surface area contributed by atoms with Crippen molar-refractivity contribution in [2.75, 3.05) is 13.7 Å². The van der Waals surface area contributed by atoms with E-state index in [4.69, 9.17) is 4.74 Å². The van der Waals surface area contributed by atoms with Gasteiger partial charge in [0.15, 0.2) is 0 Å². The maximum atomic E-state index is 12.7. The van der Waals surface area contributed by atoms with Crippen molar-refractivity contribution in [2.24, 2.45) is 0 Å². The number of methoxy groups -OCH3 is 1. The van der Waals surface area contributed by atoms with E-state index < -0.39 is 23.4 Å². The van der Waals surface area contributed by atoms with Crippen molar-refractivity contribution in [1.82, 2.24) is 4.90 Å². The molecule has 1 aromatic carbocycles. The smallest absolute Gasteiger partial charge is 0.393 e. The number of ether oxygens (including phenoxy) is 1. The van der Waals surface area contributed by atoms with Gasteiger partial charge in [-0.3, -0.25) is 4.79 Å². The first-order chi connectivity index (χ1) is 11.3. The number of aliphatic hydroxyl groups is 1. The SMILES string of the molecule is CO[C@@]12CC[C@@H](O)C[C@@H]1N(C(=O)c1ccc(C(F)(F)F)cc1)CC2. The molecule has 1 aromatic rings. The van der Waals surface area contributed by atoms with Crippen LogP contribution in [0.25, 0.3) is 0 Å². The van der Waals surface area contributed by atoms with Gasteiger partial charge in [-0.05, 0) is 49.9 Å². The van der Waals surface area contributed by atoms with Crippen LogP contribution < -0.4 is 0 Å². The first-order valence-electron chi connectivity index (χ1n) is 7.98. The fourth-order valence-electron chi connectivity index (χ4n) is 3.89. The minimum Gasteiger partial charge on any atom is -0.393 e. The van der Waals surface area contributed by atoms with Gasteiger partial charge in [-0.15, -0.1) is 0 Å². The molecular weight excluding hydrogens is 323 g/mol. The fraction of sp³-hybridized carbons (Fsp3) is 0.588. The maximum Gasteiger partial charge on any atom is 0.416 e. The molecule has 1 aliphatic heterocycles. The predicted molar refractivity (Wildman–Crippen MR) is 80.5 cm³/mol. The summed E-state index contributed by atoms with van der Waals surface area (Å²) in [7, 11) is 1.61. The summed E-state index contributed by atoms with van der Waals surface area (Å²) in [6, 6.07) is 4.00. The number of fused-ring (bicyclic) bond motifs is 1. The molecule has 1 amide bonds. The Kier molecular flexibility index (Phi) is 4.34. The molecule has 1 saturated carbocycles. The van der Waals surface area contributed by atoms with E-state index in [1.54, 1.807) is 12.0 Å². The van der Waals surface area contributed by atoms with Crippen LogP contribution >= 0.6 is 0 Å². The number of likely N-dealkylation sites (tertiary alicyclic amines) is 1. The molecule has 0 bridgehead atoms. The van der Waals surface area contributed by atoms with E-state index in [1.165, 1.54) is 12.1 Å². The quantitative estimate of drug-likeness (QED) is 0.898. The van der Waals surface area contributed by atoms with Gasteiger partial charge in [-0.2, -0.15) is 13.2 Å². The van der Waals surface area contributed by atoms with E-state index in [1.807, 2.05) is 0 Å². The van der Waals surface area contributed by atoms with E-state index in [9.17, 15) is 23.1 Å². The van der Waals surface area contributed by atoms with E-state index in [-0.39, 0.29) is 17.5 Å². The summed E-state index contributed by atoms with van der Waals surface area (Å²) in [5.74, 6) is -0.318. The highest BCUT2D eigenvalue weighted by molar-refractivity contribution is 5.94. The highest BCUT2D eigenvalue weighted by Crippen LogP contribution is 2.43. The van der Waals surface area contributed by atoms with E-state index in [0.29, 0.717) is 32.2 Å². The number of halogens is 3. The molecule has 0 spiro atoms. The number of carbonyl (C=O) groups is 1. The average Bonchev–Trinajstić information content (AvgIpc) is 2.93. The number of rotatable bonds is 2. The Morgan fingerprint density at radius 1 is 1.29 bits per heavy atom. The number of hydrogen-bond donors (Lipinski definition) is 1. The zero-order valence-corrected chi connectivity index (χ0v) is 13.3. The molecule has 2 aliphatic rings. The lowest BCUT2D eigenvalue weighted by atomic mass is 9.79. The Balaban J connectivity index is 1.82. The lowest BCUT2D eigenvalue weighted by Gasteiger charge is -2.42. The van der Waals surface area contributed by atoms with Crippen LogP contribution in [0.15, 0.2) is 24.3 Å². The minimum absolute atomic E-state index is 0.218. The molecule has 132 valence electrons. The molecular formula is C17H20F3NO3. The summed E-state index contributed by atoms with van der Waals surface area (Å²) in [4.78, 5) is 14.4. The van der Waals surface area contributed by atoms with Crippen LogP contribution in [-0.2, 0) is 10.9 Å². The van der Waals surface area contributed by atoms with Gasteiger partial charge in [0.2, 0.25) is 0 Å². The Bertz CT molecular complexity index is 617. The molecule has 4 nitrogen and oxygen atoms in total. The van der Waals surface area contributed by atoms with E-state index >= 15 is 0 Å². The largest absolute Gasteiger partial charge is 0.416 e. The van der Waals surface area contributed by atoms with Crippen LogP contribution in [0.2, 0.25) is 0 Å². The zero-order valence-electron chi connectivity index (χ0n) is 13.3. The summed E-state index contributed by atoms with van der Waals surface area (Å²) < 4.78 is 43.6. The topological polar surface area (TPSA) is 49.8 Å². The Morgan fingerprint density at radius 2 is 1.96 bits per heavy atom. The van der Waals surface area contributed by atoms with Crippen LogP contribution in [-0.4, -0.2) is 47.3 Å². The fourth-order valence-corrected chi connectivity index (χ4v) is 3.89. The maximum absolute atomic E-state index is 12.7. The van der Waals surface area contributed by atoms with E-state index in [0.717, 1.165) is 12.1 Å². The highest BCUT2D eigenvalue weighted by Gasteiger charge is 2.52. The van der Waals surface area contributed by atoms with Crippen molar-refractivity contribution in [1.29, 1.82) is 0 Å². The summed E-state index contributed by atoms with van der Waals surface area (Å²) in [6.45, 7) is 0.477. The number of alkyl halides is 3. The van der Waals surface area contributed by atoms with Gasteiger partial charge in [0, 0.05) is 19.2 Å². The third-order valence-electron chi connectivity index (χ3n) is 5.28. The summed E-state index contributed by atoms with van der Waals surface area (Å²) in [5.41, 5.74) is -1.02. The molecule has 3 atom stereocenters. The van der Waals surface area contributed by atoms with Crippen LogP contribution in [0.3, 0.4) is 0 Å². The standard InChI is InChI=1S/C17H20F3NO3/c1-24-16-7-6-13(22)10-14(16)21(9-8-16)15(23)11-2-4-12(5-3-11)17(18,19)20/h2-5,13-14,22H,6-10H2,1H3/t13-,14+,16-/m1/s1.